The monoisotopic (exact) mass is 308 g/mol. The van der Waals surface area contributed by atoms with E-state index in [1.165, 1.54) is 0 Å². The molecule has 0 saturated heterocycles. The Bertz CT molecular complexity index is 752. The van der Waals surface area contributed by atoms with Crippen LogP contribution in [0.2, 0.25) is 0 Å². The van der Waals surface area contributed by atoms with Gasteiger partial charge in [0.15, 0.2) is 0 Å². The van der Waals surface area contributed by atoms with Crippen LogP contribution in [0.15, 0.2) is 60.7 Å². The SMILES string of the molecule is C=C(C)COc1ccc(C2(C)NC(=O)c3ccccc3N2)cc1. The predicted molar refractivity (Wildman–Crippen MR) is 91.6 cm³/mol. The number of carbonyl (C=O) groups is 1. The molecular formula is C19H20N2O2. The van der Waals surface area contributed by atoms with Crippen molar-refractivity contribution >= 4 is 11.6 Å². The third kappa shape index (κ3) is 3.06. The van der Waals surface area contributed by atoms with Crippen LogP contribution in [0.3, 0.4) is 0 Å². The number of carbonyl (C=O) groups excluding carboxylic acids is 1. The maximum atomic E-state index is 12.3. The molecule has 1 atom stereocenters. The molecule has 1 heterocycles. The molecule has 0 aromatic heterocycles. The Morgan fingerprint density at radius 3 is 2.52 bits per heavy atom. The van der Waals surface area contributed by atoms with Crippen LogP contribution in [0.25, 0.3) is 0 Å². The highest BCUT2D eigenvalue weighted by molar-refractivity contribution is 6.02. The molecule has 0 radical (unpaired) electrons. The molecule has 0 bridgehead atoms. The highest BCUT2D eigenvalue weighted by Crippen LogP contribution is 2.31. The van der Waals surface area contributed by atoms with Crippen molar-refractivity contribution in [2.75, 3.05) is 11.9 Å². The predicted octanol–water partition coefficient (Wildman–Crippen LogP) is 3.67. The van der Waals surface area contributed by atoms with Gasteiger partial charge in [0.05, 0.1) is 5.56 Å². The lowest BCUT2D eigenvalue weighted by molar-refractivity contribution is 0.0906. The van der Waals surface area contributed by atoms with Gasteiger partial charge >= 0.3 is 0 Å². The van der Waals surface area contributed by atoms with E-state index in [0.717, 1.165) is 22.6 Å². The van der Waals surface area contributed by atoms with Gasteiger partial charge in [0.1, 0.15) is 18.0 Å². The smallest absolute Gasteiger partial charge is 0.255 e. The van der Waals surface area contributed by atoms with Crippen molar-refractivity contribution in [1.29, 1.82) is 0 Å². The van der Waals surface area contributed by atoms with Crippen LogP contribution in [-0.2, 0) is 5.66 Å². The molecule has 0 spiro atoms. The van der Waals surface area contributed by atoms with E-state index in [9.17, 15) is 4.79 Å². The molecule has 1 aliphatic rings. The Morgan fingerprint density at radius 2 is 1.83 bits per heavy atom. The van der Waals surface area contributed by atoms with Crippen LogP contribution in [0, 0.1) is 0 Å². The second-order valence-corrected chi connectivity index (χ2v) is 6.02. The highest BCUT2D eigenvalue weighted by Gasteiger charge is 2.34. The summed E-state index contributed by atoms with van der Waals surface area (Å²) in [5, 5.41) is 6.43. The largest absolute Gasteiger partial charge is 0.489 e. The summed E-state index contributed by atoms with van der Waals surface area (Å²) in [5.74, 6) is 0.701. The van der Waals surface area contributed by atoms with Crippen LogP contribution >= 0.6 is 0 Å². The molecule has 1 aliphatic heterocycles. The van der Waals surface area contributed by atoms with E-state index in [1.807, 2.05) is 62.4 Å². The third-order valence-corrected chi connectivity index (χ3v) is 3.84. The maximum absolute atomic E-state index is 12.3. The van der Waals surface area contributed by atoms with E-state index >= 15 is 0 Å². The first kappa shape index (κ1) is 15.2. The Balaban J connectivity index is 1.84. The zero-order chi connectivity index (χ0) is 16.4. The van der Waals surface area contributed by atoms with Gasteiger partial charge in [-0.3, -0.25) is 4.79 Å². The topological polar surface area (TPSA) is 50.4 Å². The maximum Gasteiger partial charge on any atom is 0.255 e. The van der Waals surface area contributed by atoms with E-state index in [4.69, 9.17) is 4.74 Å². The second-order valence-electron chi connectivity index (χ2n) is 6.02. The molecule has 1 unspecified atom stereocenters. The van der Waals surface area contributed by atoms with E-state index in [1.54, 1.807) is 0 Å². The van der Waals surface area contributed by atoms with Crippen molar-refractivity contribution in [3.63, 3.8) is 0 Å². The van der Waals surface area contributed by atoms with Gasteiger partial charge in [-0.1, -0.05) is 30.8 Å². The van der Waals surface area contributed by atoms with Gasteiger partial charge < -0.3 is 15.4 Å². The van der Waals surface area contributed by atoms with Crippen molar-refractivity contribution in [2.24, 2.45) is 0 Å². The molecule has 0 saturated carbocycles. The first-order valence-electron chi connectivity index (χ1n) is 7.55. The summed E-state index contributed by atoms with van der Waals surface area (Å²) in [5.41, 5.74) is 2.77. The molecule has 4 heteroatoms. The molecule has 0 fully saturated rings. The summed E-state index contributed by atoms with van der Waals surface area (Å²) in [6, 6.07) is 15.2. The van der Waals surface area contributed by atoms with Crippen LogP contribution in [0.4, 0.5) is 5.69 Å². The van der Waals surface area contributed by atoms with Gasteiger partial charge in [-0.2, -0.15) is 0 Å². The average Bonchev–Trinajstić information content (AvgIpc) is 2.53. The van der Waals surface area contributed by atoms with Crippen LogP contribution in [-0.4, -0.2) is 12.5 Å². The summed E-state index contributed by atoms with van der Waals surface area (Å²) in [7, 11) is 0. The van der Waals surface area contributed by atoms with Crippen LogP contribution < -0.4 is 15.4 Å². The molecule has 2 aromatic rings. The fourth-order valence-electron chi connectivity index (χ4n) is 2.62. The fourth-order valence-corrected chi connectivity index (χ4v) is 2.62. The summed E-state index contributed by atoms with van der Waals surface area (Å²) >= 11 is 0. The number of para-hydroxylation sites is 1. The molecular weight excluding hydrogens is 288 g/mol. The fraction of sp³-hybridized carbons (Fsp3) is 0.211. The summed E-state index contributed by atoms with van der Waals surface area (Å²) < 4.78 is 5.61. The number of anilines is 1. The zero-order valence-corrected chi connectivity index (χ0v) is 13.3. The number of benzene rings is 2. The highest BCUT2D eigenvalue weighted by atomic mass is 16.5. The molecule has 3 rings (SSSR count). The standard InChI is InChI=1S/C19H20N2O2/c1-13(2)12-23-15-10-8-14(9-11-15)19(3)20-17-7-5-4-6-16(17)18(22)21-19/h4-11,20H,1,12H2,2-3H3,(H,21,22). The molecule has 2 aromatic carbocycles. The summed E-state index contributed by atoms with van der Waals surface area (Å²) in [4.78, 5) is 12.3. The molecule has 1 amide bonds. The molecule has 4 nitrogen and oxygen atoms in total. The third-order valence-electron chi connectivity index (χ3n) is 3.84. The quantitative estimate of drug-likeness (QED) is 0.847. The number of nitrogens with one attached hydrogen (secondary N) is 2. The lowest BCUT2D eigenvalue weighted by atomic mass is 9.96. The van der Waals surface area contributed by atoms with E-state index in [2.05, 4.69) is 17.2 Å². The van der Waals surface area contributed by atoms with Gasteiger partial charge in [-0.25, -0.2) is 0 Å². The summed E-state index contributed by atoms with van der Waals surface area (Å²) in [6.07, 6.45) is 0. The lowest BCUT2D eigenvalue weighted by Gasteiger charge is -2.38. The van der Waals surface area contributed by atoms with Crippen molar-refractivity contribution in [1.82, 2.24) is 5.32 Å². The van der Waals surface area contributed by atoms with Crippen molar-refractivity contribution in [3.8, 4) is 5.75 Å². The van der Waals surface area contributed by atoms with E-state index < -0.39 is 5.66 Å². The Labute approximate surface area is 136 Å². The van der Waals surface area contributed by atoms with Gasteiger partial charge in [0, 0.05) is 5.69 Å². The zero-order valence-electron chi connectivity index (χ0n) is 13.3. The second kappa shape index (κ2) is 5.80. The molecule has 118 valence electrons. The van der Waals surface area contributed by atoms with Gasteiger partial charge in [0.25, 0.3) is 5.91 Å². The molecule has 23 heavy (non-hydrogen) atoms. The minimum absolute atomic E-state index is 0.0792. The lowest BCUT2D eigenvalue weighted by Crippen LogP contribution is -2.52. The van der Waals surface area contributed by atoms with E-state index in [0.29, 0.717) is 12.2 Å². The number of rotatable bonds is 4. The van der Waals surface area contributed by atoms with E-state index in [-0.39, 0.29) is 5.91 Å². The Kier molecular flexibility index (Phi) is 3.82. The van der Waals surface area contributed by atoms with Crippen LogP contribution in [0.5, 0.6) is 5.75 Å². The number of hydrogen-bond acceptors (Lipinski definition) is 3. The van der Waals surface area contributed by atoms with Gasteiger partial charge in [-0.05, 0) is 49.2 Å². The number of fused-ring (bicyclic) bond motifs is 1. The van der Waals surface area contributed by atoms with Crippen molar-refractivity contribution < 1.29 is 9.53 Å². The number of hydrogen-bond donors (Lipinski definition) is 2. The Morgan fingerprint density at radius 1 is 1.13 bits per heavy atom. The number of amides is 1. The average molecular weight is 308 g/mol. The summed E-state index contributed by atoms with van der Waals surface area (Å²) in [6.45, 7) is 8.19. The first-order valence-corrected chi connectivity index (χ1v) is 7.55. The minimum Gasteiger partial charge on any atom is -0.489 e. The van der Waals surface area contributed by atoms with Gasteiger partial charge in [-0.15, -0.1) is 0 Å². The molecule has 2 N–H and O–H groups in total. The van der Waals surface area contributed by atoms with Crippen LogP contribution in [0.1, 0.15) is 29.8 Å². The van der Waals surface area contributed by atoms with Crippen molar-refractivity contribution in [2.45, 2.75) is 19.5 Å². The Hall–Kier alpha value is -2.75. The van der Waals surface area contributed by atoms with Crippen molar-refractivity contribution in [3.05, 3.63) is 71.8 Å². The first-order chi connectivity index (χ1) is 11.0. The van der Waals surface area contributed by atoms with Gasteiger partial charge in [0.2, 0.25) is 0 Å². The number of ether oxygens (including phenoxy) is 1. The molecule has 0 aliphatic carbocycles. The minimum atomic E-state index is -0.654. The normalized spacial score (nSPS) is 19.3.